The molecule has 0 aromatic carbocycles. The molecule has 1 rings (SSSR count). The molecule has 7 heteroatoms. The van der Waals surface area contributed by atoms with Crippen LogP contribution in [-0.4, -0.2) is 63.8 Å². The number of methoxy groups -OCH3 is 1. The number of aryl methyl sites for hydroxylation is 1. The van der Waals surface area contributed by atoms with E-state index in [1.54, 1.807) is 13.3 Å². The maximum atomic E-state index is 5.44. The smallest absolute Gasteiger partial charge is 0.316 e. The van der Waals surface area contributed by atoms with Crippen molar-refractivity contribution in [2.45, 2.75) is 13.5 Å². The number of hydrogen-bond acceptors (Lipinski definition) is 7. The molecule has 7 nitrogen and oxygen atoms in total. The molecule has 0 aliphatic carbocycles. The van der Waals surface area contributed by atoms with Gasteiger partial charge >= 0.3 is 6.01 Å². The minimum atomic E-state index is 0.382. The van der Waals surface area contributed by atoms with Crippen LogP contribution in [0.2, 0.25) is 0 Å². The van der Waals surface area contributed by atoms with E-state index >= 15 is 0 Å². The Kier molecular flexibility index (Phi) is 9.64. The number of ether oxygens (including phenoxy) is 4. The highest BCUT2D eigenvalue weighted by Gasteiger charge is 2.03. The van der Waals surface area contributed by atoms with Gasteiger partial charge in [-0.15, -0.1) is 0 Å². The number of aromatic nitrogens is 2. The second kappa shape index (κ2) is 11.4. The van der Waals surface area contributed by atoms with Gasteiger partial charge in [-0.2, -0.15) is 0 Å². The lowest BCUT2D eigenvalue weighted by Crippen LogP contribution is -2.14. The molecule has 0 unspecified atom stereocenters. The van der Waals surface area contributed by atoms with E-state index in [4.69, 9.17) is 18.9 Å². The van der Waals surface area contributed by atoms with Crippen LogP contribution in [0.4, 0.5) is 0 Å². The molecule has 1 heterocycles. The third kappa shape index (κ3) is 7.91. The normalized spacial score (nSPS) is 10.8. The Morgan fingerprint density at radius 1 is 1.05 bits per heavy atom. The zero-order chi connectivity index (χ0) is 15.3. The van der Waals surface area contributed by atoms with E-state index in [2.05, 4.69) is 15.3 Å². The van der Waals surface area contributed by atoms with Crippen LogP contribution in [0.5, 0.6) is 6.01 Å². The second-order valence-corrected chi connectivity index (χ2v) is 4.36. The standard InChI is InChI=1S/C14H25N3O4/c1-12-13(10-15-2)11-16-14(17-12)21-9-8-20-7-6-19-5-4-18-3/h11,15H,4-10H2,1-3H3. The lowest BCUT2D eigenvalue weighted by Gasteiger charge is -2.08. The zero-order valence-electron chi connectivity index (χ0n) is 13.1. The van der Waals surface area contributed by atoms with Crippen LogP contribution in [0.15, 0.2) is 6.20 Å². The van der Waals surface area contributed by atoms with Gasteiger partial charge < -0.3 is 24.3 Å². The molecule has 0 fully saturated rings. The predicted molar refractivity (Wildman–Crippen MR) is 78.5 cm³/mol. The van der Waals surface area contributed by atoms with Gasteiger partial charge in [0.1, 0.15) is 6.61 Å². The fourth-order valence-electron chi connectivity index (χ4n) is 1.56. The van der Waals surface area contributed by atoms with Crippen LogP contribution in [0.1, 0.15) is 11.3 Å². The molecule has 0 saturated heterocycles. The Bertz CT molecular complexity index is 390. The maximum absolute atomic E-state index is 5.44. The molecule has 1 aromatic heterocycles. The van der Waals surface area contributed by atoms with Gasteiger partial charge in [0, 0.05) is 31.1 Å². The Labute approximate surface area is 126 Å². The first-order chi connectivity index (χ1) is 10.3. The van der Waals surface area contributed by atoms with Crippen LogP contribution in [-0.2, 0) is 20.8 Å². The highest BCUT2D eigenvalue weighted by atomic mass is 16.6. The van der Waals surface area contributed by atoms with E-state index in [0.717, 1.165) is 17.8 Å². The molecular weight excluding hydrogens is 274 g/mol. The number of nitrogens with one attached hydrogen (secondary N) is 1. The van der Waals surface area contributed by atoms with Crippen LogP contribution in [0.3, 0.4) is 0 Å². The first kappa shape index (κ1) is 17.8. The molecule has 0 saturated carbocycles. The van der Waals surface area contributed by atoms with Gasteiger partial charge in [-0.1, -0.05) is 0 Å². The van der Waals surface area contributed by atoms with Crippen molar-refractivity contribution in [2.24, 2.45) is 0 Å². The van der Waals surface area contributed by atoms with Crippen LogP contribution in [0.25, 0.3) is 0 Å². The zero-order valence-corrected chi connectivity index (χ0v) is 13.1. The molecular formula is C14H25N3O4. The first-order valence-electron chi connectivity index (χ1n) is 7.02. The van der Waals surface area contributed by atoms with Crippen LogP contribution >= 0.6 is 0 Å². The summed E-state index contributed by atoms with van der Waals surface area (Å²) in [6, 6.07) is 0.382. The van der Waals surface area contributed by atoms with Crippen molar-refractivity contribution in [1.82, 2.24) is 15.3 Å². The van der Waals surface area contributed by atoms with Crippen molar-refractivity contribution >= 4 is 0 Å². The van der Waals surface area contributed by atoms with Gasteiger partial charge in [-0.05, 0) is 14.0 Å². The Morgan fingerprint density at radius 2 is 1.71 bits per heavy atom. The molecule has 0 spiro atoms. The fraction of sp³-hybridized carbons (Fsp3) is 0.714. The molecule has 0 bridgehead atoms. The van der Waals surface area contributed by atoms with Gasteiger partial charge in [0.2, 0.25) is 0 Å². The average Bonchev–Trinajstić information content (AvgIpc) is 2.48. The van der Waals surface area contributed by atoms with Crippen molar-refractivity contribution in [2.75, 3.05) is 53.8 Å². The van der Waals surface area contributed by atoms with E-state index in [0.29, 0.717) is 45.7 Å². The first-order valence-corrected chi connectivity index (χ1v) is 7.02. The monoisotopic (exact) mass is 299 g/mol. The minimum Gasteiger partial charge on any atom is -0.461 e. The predicted octanol–water partition coefficient (Wildman–Crippen LogP) is 0.563. The second-order valence-electron chi connectivity index (χ2n) is 4.36. The highest BCUT2D eigenvalue weighted by Crippen LogP contribution is 2.08. The van der Waals surface area contributed by atoms with Crippen LogP contribution in [0, 0.1) is 6.92 Å². The Hall–Kier alpha value is -1.28. The van der Waals surface area contributed by atoms with Gasteiger partial charge in [0.15, 0.2) is 0 Å². The molecule has 0 atom stereocenters. The largest absolute Gasteiger partial charge is 0.461 e. The van der Waals surface area contributed by atoms with E-state index < -0.39 is 0 Å². The number of rotatable bonds is 12. The van der Waals surface area contributed by atoms with Crippen molar-refractivity contribution in [1.29, 1.82) is 0 Å². The summed E-state index contributed by atoms with van der Waals surface area (Å²) in [5.41, 5.74) is 1.98. The molecule has 0 aliphatic rings. The topological polar surface area (TPSA) is 74.7 Å². The molecule has 0 amide bonds. The van der Waals surface area contributed by atoms with Crippen molar-refractivity contribution < 1.29 is 18.9 Å². The van der Waals surface area contributed by atoms with E-state index in [-0.39, 0.29) is 0 Å². The van der Waals surface area contributed by atoms with Gasteiger partial charge in [-0.25, -0.2) is 9.97 Å². The van der Waals surface area contributed by atoms with Gasteiger partial charge in [-0.3, -0.25) is 0 Å². The molecule has 120 valence electrons. The van der Waals surface area contributed by atoms with Gasteiger partial charge in [0.25, 0.3) is 0 Å². The summed E-state index contributed by atoms with van der Waals surface area (Å²) >= 11 is 0. The molecule has 1 aromatic rings. The average molecular weight is 299 g/mol. The molecule has 21 heavy (non-hydrogen) atoms. The summed E-state index contributed by atoms with van der Waals surface area (Å²) in [5.74, 6) is 0. The summed E-state index contributed by atoms with van der Waals surface area (Å²) in [5, 5.41) is 3.07. The lowest BCUT2D eigenvalue weighted by molar-refractivity contribution is 0.0173. The van der Waals surface area contributed by atoms with Crippen LogP contribution < -0.4 is 10.1 Å². The molecule has 0 radical (unpaired) electrons. The molecule has 0 aliphatic heterocycles. The van der Waals surface area contributed by atoms with Gasteiger partial charge in [0.05, 0.1) is 33.0 Å². The highest BCUT2D eigenvalue weighted by molar-refractivity contribution is 5.17. The van der Waals surface area contributed by atoms with E-state index in [1.165, 1.54) is 0 Å². The quantitative estimate of drug-likeness (QED) is 0.565. The van der Waals surface area contributed by atoms with E-state index in [1.807, 2.05) is 14.0 Å². The summed E-state index contributed by atoms with van der Waals surface area (Å²) < 4.78 is 20.9. The van der Waals surface area contributed by atoms with E-state index in [9.17, 15) is 0 Å². The fourth-order valence-corrected chi connectivity index (χ4v) is 1.56. The number of nitrogens with zero attached hydrogens (tertiary/aromatic N) is 2. The summed E-state index contributed by atoms with van der Waals surface area (Å²) in [6.07, 6.45) is 1.78. The van der Waals surface area contributed by atoms with Crippen molar-refractivity contribution in [3.05, 3.63) is 17.5 Å². The Morgan fingerprint density at radius 3 is 2.33 bits per heavy atom. The number of hydrogen-bond donors (Lipinski definition) is 1. The summed E-state index contributed by atoms with van der Waals surface area (Å²) in [6.45, 7) is 5.86. The summed E-state index contributed by atoms with van der Waals surface area (Å²) in [7, 11) is 3.53. The Balaban J connectivity index is 2.08. The minimum absolute atomic E-state index is 0.382. The third-order valence-electron chi connectivity index (χ3n) is 2.69. The SMILES string of the molecule is CNCc1cnc(OCCOCCOCCOC)nc1C. The summed E-state index contributed by atoms with van der Waals surface area (Å²) in [4.78, 5) is 8.45. The van der Waals surface area contributed by atoms with Crippen molar-refractivity contribution in [3.8, 4) is 6.01 Å². The lowest BCUT2D eigenvalue weighted by atomic mass is 10.2. The molecule has 1 N–H and O–H groups in total. The third-order valence-corrected chi connectivity index (χ3v) is 2.69. The maximum Gasteiger partial charge on any atom is 0.316 e. The van der Waals surface area contributed by atoms with Crippen molar-refractivity contribution in [3.63, 3.8) is 0 Å².